The normalized spacial score (nSPS) is 20.4. The van der Waals surface area contributed by atoms with Gasteiger partial charge in [-0.1, -0.05) is 6.42 Å². The van der Waals surface area contributed by atoms with Crippen LogP contribution in [-0.2, 0) is 0 Å². The van der Waals surface area contributed by atoms with Crippen LogP contribution in [0.3, 0.4) is 0 Å². The molecule has 4 nitrogen and oxygen atoms in total. The van der Waals surface area contributed by atoms with Crippen LogP contribution in [0.25, 0.3) is 10.7 Å². The highest BCUT2D eigenvalue weighted by Crippen LogP contribution is 2.27. The number of hydrogen-bond acceptors (Lipinski definition) is 5. The lowest BCUT2D eigenvalue weighted by Crippen LogP contribution is -2.26. The molecule has 88 valence electrons. The van der Waals surface area contributed by atoms with Crippen LogP contribution >= 0.6 is 11.3 Å². The van der Waals surface area contributed by atoms with Gasteiger partial charge in [0.2, 0.25) is 0 Å². The lowest BCUT2D eigenvalue weighted by Gasteiger charge is -2.21. The Labute approximate surface area is 104 Å². The summed E-state index contributed by atoms with van der Waals surface area (Å²) in [5.74, 6) is 0. The minimum Gasteiger partial charge on any atom is -0.309 e. The zero-order valence-electron chi connectivity index (χ0n) is 9.47. The molecule has 2 aromatic rings. The standard InChI is InChI=1S/C12H14N4S/c1-2-4-14-9(3-1)11-8-17-12(16-11)10-7-13-5-6-15-10/h5-9,14H,1-4H2/t9-/m1/s1. The van der Waals surface area contributed by atoms with Gasteiger partial charge in [0.1, 0.15) is 10.7 Å². The van der Waals surface area contributed by atoms with E-state index in [1.807, 2.05) is 0 Å². The van der Waals surface area contributed by atoms with Gasteiger partial charge in [0, 0.05) is 17.8 Å². The molecule has 0 amide bonds. The van der Waals surface area contributed by atoms with Crippen LogP contribution in [0.5, 0.6) is 0 Å². The molecule has 0 bridgehead atoms. The van der Waals surface area contributed by atoms with E-state index in [2.05, 4.69) is 25.6 Å². The van der Waals surface area contributed by atoms with E-state index < -0.39 is 0 Å². The molecule has 1 atom stereocenters. The van der Waals surface area contributed by atoms with Crippen LogP contribution in [0, 0.1) is 0 Å². The van der Waals surface area contributed by atoms with E-state index in [1.54, 1.807) is 29.9 Å². The van der Waals surface area contributed by atoms with Crippen molar-refractivity contribution < 1.29 is 0 Å². The fourth-order valence-electron chi connectivity index (χ4n) is 2.08. The molecule has 0 unspecified atom stereocenters. The molecule has 0 saturated carbocycles. The summed E-state index contributed by atoms with van der Waals surface area (Å²) in [5, 5.41) is 6.60. The monoisotopic (exact) mass is 246 g/mol. The Balaban J connectivity index is 1.83. The smallest absolute Gasteiger partial charge is 0.143 e. The van der Waals surface area contributed by atoms with E-state index in [9.17, 15) is 0 Å². The molecule has 1 saturated heterocycles. The summed E-state index contributed by atoms with van der Waals surface area (Å²) in [6.07, 6.45) is 8.89. The summed E-state index contributed by atoms with van der Waals surface area (Å²) in [5.41, 5.74) is 2.01. The first-order valence-corrected chi connectivity index (χ1v) is 6.76. The van der Waals surface area contributed by atoms with Gasteiger partial charge in [-0.25, -0.2) is 4.98 Å². The van der Waals surface area contributed by atoms with Crippen molar-refractivity contribution in [1.29, 1.82) is 0 Å². The van der Waals surface area contributed by atoms with Crippen molar-refractivity contribution in [2.75, 3.05) is 6.54 Å². The number of aromatic nitrogens is 3. The molecular formula is C12H14N4S. The third kappa shape index (κ3) is 2.35. The van der Waals surface area contributed by atoms with E-state index in [0.717, 1.165) is 22.9 Å². The number of rotatable bonds is 2. The Bertz CT molecular complexity index is 476. The topological polar surface area (TPSA) is 50.7 Å². The summed E-state index contributed by atoms with van der Waals surface area (Å²) in [6, 6.07) is 0.422. The molecular weight excluding hydrogens is 232 g/mol. The number of nitrogens with one attached hydrogen (secondary N) is 1. The van der Waals surface area contributed by atoms with Crippen molar-refractivity contribution in [1.82, 2.24) is 20.3 Å². The van der Waals surface area contributed by atoms with E-state index in [1.165, 1.54) is 19.3 Å². The van der Waals surface area contributed by atoms with Crippen molar-refractivity contribution in [3.63, 3.8) is 0 Å². The van der Waals surface area contributed by atoms with Gasteiger partial charge in [-0.2, -0.15) is 0 Å². The second-order valence-corrected chi connectivity index (χ2v) is 5.03. The van der Waals surface area contributed by atoms with E-state index in [0.29, 0.717) is 6.04 Å². The summed E-state index contributed by atoms with van der Waals surface area (Å²) in [4.78, 5) is 13.0. The largest absolute Gasteiger partial charge is 0.309 e. The quantitative estimate of drug-likeness (QED) is 0.884. The van der Waals surface area contributed by atoms with Gasteiger partial charge in [0.15, 0.2) is 0 Å². The molecule has 0 spiro atoms. The number of nitrogens with zero attached hydrogens (tertiary/aromatic N) is 3. The van der Waals surface area contributed by atoms with Crippen LogP contribution in [0.1, 0.15) is 31.0 Å². The first-order valence-electron chi connectivity index (χ1n) is 5.89. The Morgan fingerprint density at radius 2 is 2.29 bits per heavy atom. The molecule has 0 aliphatic carbocycles. The van der Waals surface area contributed by atoms with Crippen LogP contribution in [-0.4, -0.2) is 21.5 Å². The molecule has 1 N–H and O–H groups in total. The maximum absolute atomic E-state index is 4.66. The second kappa shape index (κ2) is 4.89. The third-order valence-corrected chi connectivity index (χ3v) is 3.85. The summed E-state index contributed by atoms with van der Waals surface area (Å²) in [7, 11) is 0. The molecule has 1 fully saturated rings. The fraction of sp³-hybridized carbons (Fsp3) is 0.417. The predicted molar refractivity (Wildman–Crippen MR) is 67.7 cm³/mol. The minimum absolute atomic E-state index is 0.422. The lowest BCUT2D eigenvalue weighted by atomic mass is 10.0. The Kier molecular flexibility index (Phi) is 3.11. The van der Waals surface area contributed by atoms with Gasteiger partial charge in [-0.05, 0) is 19.4 Å². The first-order chi connectivity index (χ1) is 8.43. The van der Waals surface area contributed by atoms with Crippen molar-refractivity contribution >= 4 is 11.3 Å². The molecule has 3 rings (SSSR count). The average Bonchev–Trinajstić information content (AvgIpc) is 2.90. The van der Waals surface area contributed by atoms with E-state index in [4.69, 9.17) is 0 Å². The molecule has 3 heterocycles. The minimum atomic E-state index is 0.422. The van der Waals surface area contributed by atoms with Crippen LogP contribution in [0.2, 0.25) is 0 Å². The van der Waals surface area contributed by atoms with Crippen molar-refractivity contribution in [3.8, 4) is 10.7 Å². The van der Waals surface area contributed by atoms with Crippen molar-refractivity contribution in [3.05, 3.63) is 29.7 Å². The molecule has 0 radical (unpaired) electrons. The molecule has 5 heteroatoms. The Morgan fingerprint density at radius 3 is 3.06 bits per heavy atom. The van der Waals surface area contributed by atoms with Crippen molar-refractivity contribution in [2.24, 2.45) is 0 Å². The van der Waals surface area contributed by atoms with Gasteiger partial charge < -0.3 is 5.32 Å². The second-order valence-electron chi connectivity index (χ2n) is 4.17. The first kappa shape index (κ1) is 10.8. The Morgan fingerprint density at radius 1 is 1.29 bits per heavy atom. The van der Waals surface area contributed by atoms with Gasteiger partial charge >= 0.3 is 0 Å². The summed E-state index contributed by atoms with van der Waals surface area (Å²) >= 11 is 1.64. The van der Waals surface area contributed by atoms with E-state index >= 15 is 0 Å². The molecule has 2 aromatic heterocycles. The van der Waals surface area contributed by atoms with Gasteiger partial charge in [0.05, 0.1) is 17.9 Å². The van der Waals surface area contributed by atoms with Crippen LogP contribution in [0.4, 0.5) is 0 Å². The highest BCUT2D eigenvalue weighted by atomic mass is 32.1. The molecule has 1 aliphatic rings. The summed E-state index contributed by atoms with van der Waals surface area (Å²) < 4.78 is 0. The summed E-state index contributed by atoms with van der Waals surface area (Å²) in [6.45, 7) is 1.10. The van der Waals surface area contributed by atoms with Crippen LogP contribution in [0.15, 0.2) is 24.0 Å². The maximum atomic E-state index is 4.66. The lowest BCUT2D eigenvalue weighted by molar-refractivity contribution is 0.407. The van der Waals surface area contributed by atoms with Crippen molar-refractivity contribution in [2.45, 2.75) is 25.3 Å². The SMILES string of the molecule is c1cnc(-c2nc([C@H]3CCCCN3)cs2)cn1. The zero-order valence-corrected chi connectivity index (χ0v) is 10.3. The number of thiazole rings is 1. The molecule has 1 aliphatic heterocycles. The van der Waals surface area contributed by atoms with Gasteiger partial charge in [0.25, 0.3) is 0 Å². The number of piperidine rings is 1. The zero-order chi connectivity index (χ0) is 11.5. The van der Waals surface area contributed by atoms with Gasteiger partial charge in [-0.15, -0.1) is 11.3 Å². The van der Waals surface area contributed by atoms with Crippen LogP contribution < -0.4 is 5.32 Å². The maximum Gasteiger partial charge on any atom is 0.143 e. The molecule has 17 heavy (non-hydrogen) atoms. The predicted octanol–water partition coefficient (Wildman–Crippen LogP) is 2.41. The number of hydrogen-bond donors (Lipinski definition) is 1. The van der Waals surface area contributed by atoms with Gasteiger partial charge in [-0.3, -0.25) is 9.97 Å². The third-order valence-electron chi connectivity index (χ3n) is 2.97. The van der Waals surface area contributed by atoms with E-state index in [-0.39, 0.29) is 0 Å². The average molecular weight is 246 g/mol. The highest BCUT2D eigenvalue weighted by molar-refractivity contribution is 7.13. The highest BCUT2D eigenvalue weighted by Gasteiger charge is 2.18. The fourth-order valence-corrected chi connectivity index (χ4v) is 2.91. The molecule has 0 aromatic carbocycles. The Hall–Kier alpha value is -1.33.